The van der Waals surface area contributed by atoms with Crippen molar-refractivity contribution in [1.82, 2.24) is 9.78 Å². The third-order valence-corrected chi connectivity index (χ3v) is 3.83. The second-order valence-corrected chi connectivity index (χ2v) is 5.42. The Morgan fingerprint density at radius 1 is 1.10 bits per heavy atom. The summed E-state index contributed by atoms with van der Waals surface area (Å²) in [4.78, 5) is 0. The third kappa shape index (κ3) is 2.92. The highest BCUT2D eigenvalue weighted by molar-refractivity contribution is 9.10. The van der Waals surface area contributed by atoms with Crippen LogP contribution in [0, 0.1) is 0 Å². The van der Waals surface area contributed by atoms with E-state index in [9.17, 15) is 5.11 Å². The molecule has 5 heteroatoms. The van der Waals surface area contributed by atoms with Crippen molar-refractivity contribution >= 4 is 21.6 Å². The van der Waals surface area contributed by atoms with Crippen LogP contribution in [0.1, 0.15) is 5.56 Å². The predicted octanol–water partition coefficient (Wildman–Crippen LogP) is 3.95. The number of hydrogen-bond donors (Lipinski definition) is 2. The van der Waals surface area contributed by atoms with Crippen LogP contribution in [0.4, 0.5) is 5.69 Å². The number of phenols is 1. The van der Waals surface area contributed by atoms with Gasteiger partial charge in [-0.15, -0.1) is 0 Å². The summed E-state index contributed by atoms with van der Waals surface area (Å²) in [6.45, 7) is 0.531. The van der Waals surface area contributed by atoms with Crippen molar-refractivity contribution in [2.24, 2.45) is 0 Å². The molecule has 0 bridgehead atoms. The number of aromatic hydroxyl groups is 1. The Balaban J connectivity index is 1.85. The lowest BCUT2D eigenvalue weighted by Crippen LogP contribution is -2.05. The number of aromatic nitrogens is 2. The molecule has 21 heavy (non-hydrogen) atoms. The van der Waals surface area contributed by atoms with Crippen LogP contribution in [0.15, 0.2) is 65.4 Å². The topological polar surface area (TPSA) is 50.1 Å². The number of benzene rings is 2. The van der Waals surface area contributed by atoms with Gasteiger partial charge in [0.2, 0.25) is 0 Å². The van der Waals surface area contributed by atoms with E-state index in [2.05, 4.69) is 26.3 Å². The Bertz CT molecular complexity index is 741. The lowest BCUT2D eigenvalue weighted by Gasteiger charge is -2.13. The number of para-hydroxylation sites is 3. The fourth-order valence-corrected chi connectivity index (χ4v) is 2.53. The summed E-state index contributed by atoms with van der Waals surface area (Å²) >= 11 is 3.33. The maximum atomic E-state index is 10.0. The van der Waals surface area contributed by atoms with E-state index >= 15 is 0 Å². The van der Waals surface area contributed by atoms with Gasteiger partial charge in [-0.05, 0) is 40.2 Å². The lowest BCUT2D eigenvalue weighted by molar-refractivity contribution is 0.465. The fraction of sp³-hybridized carbons (Fsp3) is 0.0625. The van der Waals surface area contributed by atoms with E-state index in [0.717, 1.165) is 16.9 Å². The number of nitrogens with zero attached hydrogens (tertiary/aromatic N) is 2. The van der Waals surface area contributed by atoms with Gasteiger partial charge in [0.1, 0.15) is 5.75 Å². The zero-order valence-corrected chi connectivity index (χ0v) is 12.8. The fourth-order valence-electron chi connectivity index (χ4n) is 2.13. The molecule has 0 aliphatic carbocycles. The van der Waals surface area contributed by atoms with E-state index in [1.165, 1.54) is 0 Å². The summed E-state index contributed by atoms with van der Waals surface area (Å²) in [5.41, 5.74) is 2.76. The Kier molecular flexibility index (Phi) is 3.92. The van der Waals surface area contributed by atoms with Gasteiger partial charge >= 0.3 is 0 Å². The molecule has 0 spiro atoms. The minimum atomic E-state index is 0.265. The Morgan fingerprint density at radius 3 is 2.76 bits per heavy atom. The van der Waals surface area contributed by atoms with Crippen molar-refractivity contribution in [3.8, 4) is 11.4 Å². The average Bonchev–Trinajstić information content (AvgIpc) is 3.03. The molecule has 0 amide bonds. The van der Waals surface area contributed by atoms with Crippen LogP contribution in [0.25, 0.3) is 5.69 Å². The van der Waals surface area contributed by atoms with E-state index < -0.39 is 0 Å². The molecule has 0 aliphatic heterocycles. The number of anilines is 1. The van der Waals surface area contributed by atoms with Gasteiger partial charge < -0.3 is 10.4 Å². The van der Waals surface area contributed by atoms with E-state index in [1.807, 2.05) is 59.4 Å². The number of nitrogens with one attached hydrogen (secondary N) is 1. The highest BCUT2D eigenvalue weighted by atomic mass is 79.9. The van der Waals surface area contributed by atoms with Crippen LogP contribution >= 0.6 is 15.9 Å². The Labute approximate surface area is 131 Å². The standard InChI is InChI=1S/C16H14BrN3O/c17-13-6-3-5-12(16(13)21)11-18-14-7-1-2-8-15(14)20-10-4-9-19-20/h1-10,18,21H,11H2. The minimum absolute atomic E-state index is 0.265. The van der Waals surface area contributed by atoms with Crippen LogP contribution in [0.2, 0.25) is 0 Å². The van der Waals surface area contributed by atoms with E-state index in [0.29, 0.717) is 11.0 Å². The van der Waals surface area contributed by atoms with E-state index in [-0.39, 0.29) is 5.75 Å². The second kappa shape index (κ2) is 6.01. The minimum Gasteiger partial charge on any atom is -0.506 e. The molecule has 0 radical (unpaired) electrons. The normalized spacial score (nSPS) is 10.5. The van der Waals surface area contributed by atoms with E-state index in [1.54, 1.807) is 6.20 Å². The number of rotatable bonds is 4. The van der Waals surface area contributed by atoms with Gasteiger partial charge in [-0.1, -0.05) is 24.3 Å². The lowest BCUT2D eigenvalue weighted by atomic mass is 10.2. The van der Waals surface area contributed by atoms with Crippen LogP contribution < -0.4 is 5.32 Å². The van der Waals surface area contributed by atoms with Crippen LogP contribution in [0.5, 0.6) is 5.75 Å². The second-order valence-electron chi connectivity index (χ2n) is 4.57. The summed E-state index contributed by atoms with van der Waals surface area (Å²) in [5, 5.41) is 17.6. The van der Waals surface area contributed by atoms with Gasteiger partial charge in [-0.25, -0.2) is 4.68 Å². The maximum Gasteiger partial charge on any atom is 0.134 e. The third-order valence-electron chi connectivity index (χ3n) is 3.19. The predicted molar refractivity (Wildman–Crippen MR) is 86.7 cm³/mol. The zero-order chi connectivity index (χ0) is 14.7. The zero-order valence-electron chi connectivity index (χ0n) is 11.2. The first kappa shape index (κ1) is 13.7. The quantitative estimate of drug-likeness (QED) is 0.753. The van der Waals surface area contributed by atoms with E-state index in [4.69, 9.17) is 0 Å². The Morgan fingerprint density at radius 2 is 1.95 bits per heavy atom. The van der Waals surface area contributed by atoms with Crippen molar-refractivity contribution < 1.29 is 5.11 Å². The largest absolute Gasteiger partial charge is 0.506 e. The molecule has 3 aromatic rings. The molecule has 0 unspecified atom stereocenters. The molecule has 0 fully saturated rings. The summed E-state index contributed by atoms with van der Waals surface area (Å²) < 4.78 is 2.51. The monoisotopic (exact) mass is 343 g/mol. The first-order valence-electron chi connectivity index (χ1n) is 6.55. The van der Waals surface area contributed by atoms with Gasteiger partial charge in [0.05, 0.1) is 15.8 Å². The molecule has 4 nitrogen and oxygen atoms in total. The van der Waals surface area contributed by atoms with Crippen molar-refractivity contribution in [2.45, 2.75) is 6.54 Å². The molecule has 1 heterocycles. The number of halogens is 1. The molecule has 2 N–H and O–H groups in total. The average molecular weight is 344 g/mol. The van der Waals surface area contributed by atoms with Crippen molar-refractivity contribution in [3.63, 3.8) is 0 Å². The van der Waals surface area contributed by atoms with Crippen molar-refractivity contribution in [2.75, 3.05) is 5.32 Å². The molecular weight excluding hydrogens is 330 g/mol. The summed E-state index contributed by atoms with van der Waals surface area (Å²) in [6, 6.07) is 15.4. The molecule has 0 aliphatic rings. The van der Waals surface area contributed by atoms with Gasteiger partial charge in [0.15, 0.2) is 0 Å². The molecule has 3 rings (SSSR count). The van der Waals surface area contributed by atoms with Crippen LogP contribution in [0.3, 0.4) is 0 Å². The maximum absolute atomic E-state index is 10.0. The van der Waals surface area contributed by atoms with Crippen molar-refractivity contribution in [3.05, 3.63) is 71.0 Å². The van der Waals surface area contributed by atoms with Crippen LogP contribution in [-0.4, -0.2) is 14.9 Å². The van der Waals surface area contributed by atoms with Gasteiger partial charge in [-0.2, -0.15) is 5.10 Å². The summed E-state index contributed by atoms with van der Waals surface area (Å²) in [7, 11) is 0. The molecular formula is C16H14BrN3O. The molecule has 0 saturated heterocycles. The smallest absolute Gasteiger partial charge is 0.134 e. The molecule has 1 aromatic heterocycles. The van der Waals surface area contributed by atoms with Gasteiger partial charge in [0, 0.05) is 24.5 Å². The van der Waals surface area contributed by atoms with Crippen LogP contribution in [-0.2, 0) is 6.54 Å². The molecule has 106 valence electrons. The summed E-state index contributed by atoms with van der Waals surface area (Å²) in [5.74, 6) is 0.265. The molecule has 2 aromatic carbocycles. The van der Waals surface area contributed by atoms with Crippen molar-refractivity contribution in [1.29, 1.82) is 0 Å². The first-order chi connectivity index (χ1) is 10.3. The SMILES string of the molecule is Oc1c(Br)cccc1CNc1ccccc1-n1cccn1. The summed E-state index contributed by atoms with van der Waals surface area (Å²) in [6.07, 6.45) is 3.65. The molecule has 0 saturated carbocycles. The number of phenolic OH excluding ortho intramolecular Hbond substituents is 1. The highest BCUT2D eigenvalue weighted by Gasteiger charge is 2.07. The molecule has 0 atom stereocenters. The van der Waals surface area contributed by atoms with Gasteiger partial charge in [0.25, 0.3) is 0 Å². The first-order valence-corrected chi connectivity index (χ1v) is 7.34. The highest BCUT2D eigenvalue weighted by Crippen LogP contribution is 2.28. The number of hydrogen-bond acceptors (Lipinski definition) is 3. The Hall–Kier alpha value is -2.27. The van der Waals surface area contributed by atoms with Gasteiger partial charge in [-0.3, -0.25) is 0 Å².